The number of H-pyrrole nitrogens is 1. The van der Waals surface area contributed by atoms with Crippen LogP contribution in [0.4, 0.5) is 0 Å². The molecule has 100 valence electrons. The van der Waals surface area contributed by atoms with Crippen molar-refractivity contribution in [2.45, 2.75) is 19.1 Å². The van der Waals surface area contributed by atoms with E-state index in [4.69, 9.17) is 21.4 Å². The molecule has 1 aromatic carbocycles. The number of carbonyl (C=O) groups excluding carboxylic acids is 1. The zero-order valence-electron chi connectivity index (χ0n) is 10.0. The fraction of sp³-hybridized carbons (Fsp3) is 0.231. The van der Waals surface area contributed by atoms with Gasteiger partial charge in [-0.1, -0.05) is 23.7 Å². The van der Waals surface area contributed by atoms with E-state index in [0.29, 0.717) is 29.2 Å². The van der Waals surface area contributed by atoms with E-state index in [1.807, 2.05) is 0 Å². The number of carbonyl (C=O) groups is 1. The van der Waals surface area contributed by atoms with Crippen LogP contribution in [0.25, 0.3) is 0 Å². The van der Waals surface area contributed by atoms with Crippen LogP contribution in [0.3, 0.4) is 0 Å². The SMILES string of the molecule is O=COC(Cc1n[nH]cc1CO)c1ccc(Cl)cc1. The second-order valence-electron chi connectivity index (χ2n) is 3.99. The minimum atomic E-state index is -0.455. The summed E-state index contributed by atoms with van der Waals surface area (Å²) in [6.45, 7) is 0.296. The van der Waals surface area contributed by atoms with E-state index in [-0.39, 0.29) is 6.61 Å². The minimum absolute atomic E-state index is 0.111. The lowest BCUT2D eigenvalue weighted by atomic mass is 10.0. The third kappa shape index (κ3) is 3.33. The first kappa shape index (κ1) is 13.6. The quantitative estimate of drug-likeness (QED) is 0.794. The normalized spacial score (nSPS) is 12.1. The first-order chi connectivity index (χ1) is 9.24. The lowest BCUT2D eigenvalue weighted by Gasteiger charge is -2.15. The predicted octanol–water partition coefficient (Wildman–Crippen LogP) is 2.01. The molecule has 0 aliphatic carbocycles. The van der Waals surface area contributed by atoms with Gasteiger partial charge in [0.2, 0.25) is 0 Å². The summed E-state index contributed by atoms with van der Waals surface area (Å²) in [4.78, 5) is 10.6. The molecule has 0 aliphatic heterocycles. The summed E-state index contributed by atoms with van der Waals surface area (Å²) in [6.07, 6.45) is 1.55. The standard InChI is InChI=1S/C13H13ClN2O3/c14-11-3-1-9(2-4-11)13(19-8-18)5-12-10(7-17)6-15-16-12/h1-4,6,8,13,17H,5,7H2,(H,15,16). The number of aromatic amines is 1. The Balaban J connectivity index is 2.20. The number of aliphatic hydroxyl groups excluding tert-OH is 1. The topological polar surface area (TPSA) is 75.2 Å². The van der Waals surface area contributed by atoms with E-state index in [2.05, 4.69) is 10.2 Å². The average Bonchev–Trinajstić information content (AvgIpc) is 2.86. The summed E-state index contributed by atoms with van der Waals surface area (Å²) in [5.74, 6) is 0. The van der Waals surface area contributed by atoms with Crippen LogP contribution in [0, 0.1) is 0 Å². The molecule has 1 heterocycles. The monoisotopic (exact) mass is 280 g/mol. The van der Waals surface area contributed by atoms with E-state index < -0.39 is 6.10 Å². The molecule has 6 heteroatoms. The molecule has 0 aliphatic rings. The van der Waals surface area contributed by atoms with Gasteiger partial charge in [-0.25, -0.2) is 0 Å². The molecule has 1 atom stereocenters. The smallest absolute Gasteiger partial charge is 0.293 e. The molecule has 2 aromatic rings. The van der Waals surface area contributed by atoms with E-state index in [0.717, 1.165) is 5.56 Å². The van der Waals surface area contributed by atoms with Crippen molar-refractivity contribution >= 4 is 18.1 Å². The van der Waals surface area contributed by atoms with Gasteiger partial charge < -0.3 is 9.84 Å². The van der Waals surface area contributed by atoms with Crippen molar-refractivity contribution in [3.05, 3.63) is 52.3 Å². The number of nitrogens with one attached hydrogen (secondary N) is 1. The highest BCUT2D eigenvalue weighted by Crippen LogP contribution is 2.24. The number of nitrogens with zero attached hydrogens (tertiary/aromatic N) is 1. The highest BCUT2D eigenvalue weighted by Gasteiger charge is 2.17. The molecule has 2 rings (SSSR count). The fourth-order valence-electron chi connectivity index (χ4n) is 1.82. The zero-order valence-corrected chi connectivity index (χ0v) is 10.8. The van der Waals surface area contributed by atoms with Gasteiger partial charge in [0.1, 0.15) is 6.10 Å². The number of aliphatic hydroxyl groups is 1. The Labute approximate surface area is 115 Å². The highest BCUT2D eigenvalue weighted by atomic mass is 35.5. The Kier molecular flexibility index (Phi) is 4.54. The molecular weight excluding hydrogens is 268 g/mol. The predicted molar refractivity (Wildman–Crippen MR) is 69.6 cm³/mol. The summed E-state index contributed by atoms with van der Waals surface area (Å²) >= 11 is 5.82. The molecule has 0 saturated carbocycles. The van der Waals surface area contributed by atoms with Gasteiger partial charge in [-0.05, 0) is 17.7 Å². The maximum absolute atomic E-state index is 10.6. The number of ether oxygens (including phenoxy) is 1. The third-order valence-corrected chi connectivity index (χ3v) is 3.07. The van der Waals surface area contributed by atoms with Gasteiger partial charge in [-0.15, -0.1) is 0 Å². The lowest BCUT2D eigenvalue weighted by molar-refractivity contribution is -0.133. The summed E-state index contributed by atoms with van der Waals surface area (Å²) in [7, 11) is 0. The van der Waals surface area contributed by atoms with Gasteiger partial charge in [0.15, 0.2) is 0 Å². The first-order valence-electron chi connectivity index (χ1n) is 5.71. The molecule has 5 nitrogen and oxygen atoms in total. The van der Waals surface area contributed by atoms with Gasteiger partial charge in [-0.3, -0.25) is 9.89 Å². The van der Waals surface area contributed by atoms with E-state index in [1.165, 1.54) is 0 Å². The molecule has 19 heavy (non-hydrogen) atoms. The van der Waals surface area contributed by atoms with Gasteiger partial charge in [-0.2, -0.15) is 5.10 Å². The van der Waals surface area contributed by atoms with Crippen molar-refractivity contribution in [2.75, 3.05) is 0 Å². The Bertz CT molecular complexity index is 539. The molecule has 0 radical (unpaired) electrons. The molecule has 1 unspecified atom stereocenters. The van der Waals surface area contributed by atoms with Crippen LogP contribution in [0.5, 0.6) is 0 Å². The summed E-state index contributed by atoms with van der Waals surface area (Å²) in [6, 6.07) is 7.05. The van der Waals surface area contributed by atoms with Crippen LogP contribution in [0.1, 0.15) is 22.9 Å². The van der Waals surface area contributed by atoms with Crippen molar-refractivity contribution in [2.24, 2.45) is 0 Å². The van der Waals surface area contributed by atoms with Crippen molar-refractivity contribution < 1.29 is 14.6 Å². The average molecular weight is 281 g/mol. The maximum atomic E-state index is 10.6. The van der Waals surface area contributed by atoms with Crippen LogP contribution < -0.4 is 0 Å². The lowest BCUT2D eigenvalue weighted by Crippen LogP contribution is -2.08. The van der Waals surface area contributed by atoms with E-state index in [9.17, 15) is 4.79 Å². The number of hydrogen-bond donors (Lipinski definition) is 2. The molecule has 0 spiro atoms. The Morgan fingerprint density at radius 1 is 1.42 bits per heavy atom. The van der Waals surface area contributed by atoms with Gasteiger partial charge in [0.25, 0.3) is 6.47 Å². The number of halogens is 1. The fourth-order valence-corrected chi connectivity index (χ4v) is 1.95. The molecule has 1 aromatic heterocycles. The third-order valence-electron chi connectivity index (χ3n) is 2.82. The summed E-state index contributed by atoms with van der Waals surface area (Å²) in [5, 5.41) is 16.5. The Morgan fingerprint density at radius 3 is 2.79 bits per heavy atom. The maximum Gasteiger partial charge on any atom is 0.293 e. The van der Waals surface area contributed by atoms with Crippen molar-refractivity contribution in [3.8, 4) is 0 Å². The van der Waals surface area contributed by atoms with Crippen molar-refractivity contribution in [1.29, 1.82) is 0 Å². The molecule has 0 saturated heterocycles. The Hall–Kier alpha value is -1.85. The number of rotatable bonds is 6. The molecule has 0 bridgehead atoms. The van der Waals surface area contributed by atoms with E-state index in [1.54, 1.807) is 30.5 Å². The summed E-state index contributed by atoms with van der Waals surface area (Å²) in [5.41, 5.74) is 2.18. The van der Waals surface area contributed by atoms with Crippen LogP contribution in [-0.4, -0.2) is 21.8 Å². The van der Waals surface area contributed by atoms with E-state index >= 15 is 0 Å². The number of benzene rings is 1. The molecule has 2 N–H and O–H groups in total. The van der Waals surface area contributed by atoms with Crippen LogP contribution in [-0.2, 0) is 22.6 Å². The molecule has 0 fully saturated rings. The Morgan fingerprint density at radius 2 is 2.16 bits per heavy atom. The van der Waals surface area contributed by atoms with Crippen LogP contribution >= 0.6 is 11.6 Å². The minimum Gasteiger partial charge on any atom is -0.459 e. The molecule has 0 amide bonds. The largest absolute Gasteiger partial charge is 0.459 e. The number of aromatic nitrogens is 2. The van der Waals surface area contributed by atoms with Gasteiger partial charge in [0.05, 0.1) is 12.3 Å². The highest BCUT2D eigenvalue weighted by molar-refractivity contribution is 6.30. The van der Waals surface area contributed by atoms with Crippen LogP contribution in [0.15, 0.2) is 30.5 Å². The molecular formula is C13H13ClN2O3. The number of hydrogen-bond acceptors (Lipinski definition) is 4. The van der Waals surface area contributed by atoms with Crippen molar-refractivity contribution in [3.63, 3.8) is 0 Å². The second-order valence-corrected chi connectivity index (χ2v) is 4.43. The second kappa shape index (κ2) is 6.36. The van der Waals surface area contributed by atoms with Gasteiger partial charge >= 0.3 is 0 Å². The van der Waals surface area contributed by atoms with Gasteiger partial charge in [0, 0.05) is 23.2 Å². The van der Waals surface area contributed by atoms with Crippen molar-refractivity contribution in [1.82, 2.24) is 10.2 Å². The zero-order chi connectivity index (χ0) is 13.7. The first-order valence-corrected chi connectivity index (χ1v) is 6.09. The summed E-state index contributed by atoms with van der Waals surface area (Å²) < 4.78 is 5.08. The van der Waals surface area contributed by atoms with Crippen LogP contribution in [0.2, 0.25) is 5.02 Å².